The van der Waals surface area contributed by atoms with E-state index in [1.165, 1.54) is 0 Å². The minimum absolute atomic E-state index is 0.323. The van der Waals surface area contributed by atoms with Crippen molar-refractivity contribution in [1.29, 1.82) is 0 Å². The highest BCUT2D eigenvalue weighted by atomic mass is 28.3. The lowest BCUT2D eigenvalue weighted by molar-refractivity contribution is 0.252. The zero-order chi connectivity index (χ0) is 7.98. The second kappa shape index (κ2) is 5.62. The van der Waals surface area contributed by atoms with Crippen LogP contribution in [0.4, 0.5) is 0 Å². The van der Waals surface area contributed by atoms with E-state index in [1.54, 1.807) is 0 Å². The summed E-state index contributed by atoms with van der Waals surface area (Å²) in [4.78, 5) is 0. The van der Waals surface area contributed by atoms with Crippen LogP contribution in [0, 0.1) is 0 Å². The highest BCUT2D eigenvalue weighted by molar-refractivity contribution is 6.55. The Morgan fingerprint density at radius 1 is 1.60 bits per heavy atom. The lowest BCUT2D eigenvalue weighted by atomic mass is 10.5. The molecule has 3 heteroatoms. The molecule has 60 valence electrons. The number of rotatable bonds is 5. The predicted molar refractivity (Wildman–Crippen MR) is 47.6 cm³/mol. The number of nitrogens with two attached hydrogens (primary N) is 1. The van der Waals surface area contributed by atoms with Crippen molar-refractivity contribution in [2.75, 3.05) is 6.54 Å². The van der Waals surface area contributed by atoms with E-state index < -0.39 is 8.65 Å². The molecule has 0 unspecified atom stereocenters. The molecule has 0 heterocycles. The minimum atomic E-state index is -0.782. The van der Waals surface area contributed by atoms with E-state index in [-0.39, 0.29) is 0 Å². The third kappa shape index (κ3) is 5.97. The van der Waals surface area contributed by atoms with Gasteiger partial charge >= 0.3 is 0 Å². The average Bonchev–Trinajstić information content (AvgIpc) is 1.82. The molecule has 0 saturated carbocycles. The van der Waals surface area contributed by atoms with Crippen LogP contribution >= 0.6 is 0 Å². The van der Waals surface area contributed by atoms with E-state index in [4.69, 9.17) is 10.2 Å². The predicted octanol–water partition coefficient (Wildman–Crippen LogP) is 0.765. The molecule has 0 aromatic heterocycles. The van der Waals surface area contributed by atoms with Gasteiger partial charge in [-0.05, 0) is 32.9 Å². The molecular formula is C7H17NOSi. The van der Waals surface area contributed by atoms with Crippen LogP contribution in [0.1, 0.15) is 20.3 Å². The van der Waals surface area contributed by atoms with E-state index >= 15 is 0 Å². The lowest BCUT2D eigenvalue weighted by Crippen LogP contribution is -2.14. The third-order valence-electron chi connectivity index (χ3n) is 1.06. The van der Waals surface area contributed by atoms with E-state index in [0.29, 0.717) is 6.10 Å². The molecule has 0 spiro atoms. The monoisotopic (exact) mass is 159 g/mol. The second-order valence-corrected chi connectivity index (χ2v) is 4.41. The van der Waals surface area contributed by atoms with Crippen LogP contribution < -0.4 is 5.73 Å². The molecule has 0 rings (SSSR count). The summed E-state index contributed by atoms with van der Waals surface area (Å²) in [6.07, 6.45) is 5.31. The molecule has 0 saturated heterocycles. The molecule has 2 nitrogen and oxygen atoms in total. The van der Waals surface area contributed by atoms with Crippen molar-refractivity contribution in [2.24, 2.45) is 5.73 Å². The third-order valence-corrected chi connectivity index (χ3v) is 2.78. The van der Waals surface area contributed by atoms with Gasteiger partial charge in [-0.15, -0.1) is 0 Å². The van der Waals surface area contributed by atoms with Gasteiger partial charge in [0.1, 0.15) is 0 Å². The van der Waals surface area contributed by atoms with E-state index in [2.05, 4.69) is 6.17 Å². The first-order valence-corrected chi connectivity index (χ1v) is 5.53. The second-order valence-electron chi connectivity index (χ2n) is 2.60. The molecule has 0 aliphatic heterocycles. The van der Waals surface area contributed by atoms with Gasteiger partial charge in [-0.2, -0.15) is 0 Å². The highest BCUT2D eigenvalue weighted by Crippen LogP contribution is 1.94. The first-order valence-electron chi connectivity index (χ1n) is 3.71. The van der Waals surface area contributed by atoms with E-state index in [9.17, 15) is 0 Å². The van der Waals surface area contributed by atoms with Crippen molar-refractivity contribution < 1.29 is 4.43 Å². The standard InChI is InChI=1S/C7H17NOSi/c1-7(2)9-10(3)6-4-5-8/h7H,3-6,8H2,1-2H3. The normalized spacial score (nSPS) is 10.0. The van der Waals surface area contributed by atoms with Gasteiger partial charge in [0.2, 0.25) is 8.65 Å². The zero-order valence-electron chi connectivity index (χ0n) is 6.89. The summed E-state index contributed by atoms with van der Waals surface area (Å²) >= 11 is 0. The summed E-state index contributed by atoms with van der Waals surface area (Å²) in [6, 6.07) is 1.07. The van der Waals surface area contributed by atoms with Crippen LogP contribution in [0.5, 0.6) is 0 Å². The smallest absolute Gasteiger partial charge is 0.224 e. The molecule has 0 atom stereocenters. The van der Waals surface area contributed by atoms with Crippen LogP contribution in [0.25, 0.3) is 0 Å². The summed E-state index contributed by atoms with van der Waals surface area (Å²) in [5, 5.41) is 0. The molecule has 0 aromatic rings. The van der Waals surface area contributed by atoms with Crippen LogP contribution in [0.2, 0.25) is 6.04 Å². The Hall–Kier alpha value is -0.153. The van der Waals surface area contributed by atoms with Gasteiger partial charge in [0.05, 0.1) is 6.10 Å². The van der Waals surface area contributed by atoms with Gasteiger partial charge in [0.15, 0.2) is 0 Å². The minimum Gasteiger partial charge on any atom is -0.549 e. The zero-order valence-corrected chi connectivity index (χ0v) is 7.89. The van der Waals surface area contributed by atoms with Crippen molar-refractivity contribution in [3.8, 4) is 0 Å². The summed E-state index contributed by atoms with van der Waals surface area (Å²) in [7, 11) is -0.782. The fourth-order valence-electron chi connectivity index (χ4n) is 0.691. The quantitative estimate of drug-likeness (QED) is 0.601. The van der Waals surface area contributed by atoms with Crippen LogP contribution in [-0.2, 0) is 4.43 Å². The van der Waals surface area contributed by atoms with Gasteiger partial charge in [0, 0.05) is 0 Å². The summed E-state index contributed by atoms with van der Waals surface area (Å²) in [5.74, 6) is 0. The van der Waals surface area contributed by atoms with E-state index in [0.717, 1.165) is 19.0 Å². The maximum absolute atomic E-state index is 5.49. The van der Waals surface area contributed by atoms with Gasteiger partial charge in [-0.25, -0.2) is 0 Å². The molecule has 0 aromatic carbocycles. The summed E-state index contributed by atoms with van der Waals surface area (Å²) in [5.41, 5.74) is 5.34. The van der Waals surface area contributed by atoms with Crippen molar-refractivity contribution in [2.45, 2.75) is 32.4 Å². The molecule has 0 radical (unpaired) electrons. The molecule has 0 aliphatic carbocycles. The Labute approximate surface area is 64.7 Å². The lowest BCUT2D eigenvalue weighted by Gasteiger charge is -2.10. The van der Waals surface area contributed by atoms with Crippen LogP contribution in [-0.4, -0.2) is 27.5 Å². The largest absolute Gasteiger partial charge is 0.549 e. The Morgan fingerprint density at radius 3 is 2.60 bits per heavy atom. The summed E-state index contributed by atoms with van der Waals surface area (Å²) in [6.45, 7) is 4.84. The Kier molecular flexibility index (Phi) is 5.53. The first-order chi connectivity index (χ1) is 4.66. The average molecular weight is 159 g/mol. The fourth-order valence-corrected chi connectivity index (χ4v) is 2.07. The van der Waals surface area contributed by atoms with Crippen LogP contribution in [0.3, 0.4) is 0 Å². The summed E-state index contributed by atoms with van der Waals surface area (Å²) < 4.78 is 5.49. The van der Waals surface area contributed by atoms with Crippen LogP contribution in [0.15, 0.2) is 0 Å². The van der Waals surface area contributed by atoms with Crippen molar-refractivity contribution >= 4 is 14.8 Å². The van der Waals surface area contributed by atoms with Crippen molar-refractivity contribution in [1.82, 2.24) is 0 Å². The van der Waals surface area contributed by atoms with Gasteiger partial charge in [0.25, 0.3) is 0 Å². The SMILES string of the molecule is C=[Si](CCCN)OC(C)C. The molecular weight excluding hydrogens is 142 g/mol. The Balaban J connectivity index is 3.26. The van der Waals surface area contributed by atoms with Gasteiger partial charge in [-0.3, -0.25) is 0 Å². The topological polar surface area (TPSA) is 35.2 Å². The van der Waals surface area contributed by atoms with Gasteiger partial charge < -0.3 is 10.2 Å². The number of hydrogen-bond donors (Lipinski definition) is 1. The Bertz CT molecular complexity index is 104. The first kappa shape index (κ1) is 9.85. The molecule has 0 amide bonds. The maximum Gasteiger partial charge on any atom is 0.224 e. The Morgan fingerprint density at radius 2 is 2.20 bits per heavy atom. The maximum atomic E-state index is 5.49. The molecule has 2 N–H and O–H groups in total. The van der Waals surface area contributed by atoms with Gasteiger partial charge in [-0.1, -0.05) is 6.17 Å². The fraction of sp³-hybridized carbons (Fsp3) is 0.857. The molecule has 0 fully saturated rings. The van der Waals surface area contributed by atoms with Crippen molar-refractivity contribution in [3.05, 3.63) is 0 Å². The molecule has 10 heavy (non-hydrogen) atoms. The highest BCUT2D eigenvalue weighted by Gasteiger charge is 1.98. The molecule has 0 aliphatic rings. The molecule has 0 bridgehead atoms. The van der Waals surface area contributed by atoms with E-state index in [1.807, 2.05) is 13.8 Å². The number of hydrogen-bond acceptors (Lipinski definition) is 2. The van der Waals surface area contributed by atoms with Crippen molar-refractivity contribution in [3.63, 3.8) is 0 Å².